The third kappa shape index (κ3) is 2.77. The van der Waals surface area contributed by atoms with Crippen molar-refractivity contribution in [2.75, 3.05) is 0 Å². The number of para-hydroxylation sites is 1. The number of benzene rings is 2. The Labute approximate surface area is 130 Å². The molecule has 0 amide bonds. The van der Waals surface area contributed by atoms with Crippen LogP contribution in [0, 0.1) is 12.3 Å². The van der Waals surface area contributed by atoms with Crippen molar-refractivity contribution >= 4 is 22.6 Å². The Bertz CT molecular complexity index is 820. The van der Waals surface area contributed by atoms with Gasteiger partial charge in [0.25, 0.3) is 0 Å². The smallest absolute Gasteiger partial charge is 0.138 e. The topological polar surface area (TPSA) is 43.1 Å². The number of rotatable bonds is 1. The molecule has 22 heavy (non-hydrogen) atoms. The summed E-state index contributed by atoms with van der Waals surface area (Å²) in [5.41, 5.74) is 3.85. The predicted octanol–water partition coefficient (Wildman–Crippen LogP) is 4.36. The van der Waals surface area contributed by atoms with Crippen LogP contribution in [0.5, 0.6) is 0 Å². The van der Waals surface area contributed by atoms with E-state index in [4.69, 9.17) is 4.99 Å². The van der Waals surface area contributed by atoms with Gasteiger partial charge in [-0.3, -0.25) is 0 Å². The van der Waals surface area contributed by atoms with Crippen LogP contribution in [-0.4, -0.2) is 20.8 Å². The second kappa shape index (κ2) is 5.37. The van der Waals surface area contributed by atoms with Gasteiger partial charge in [0, 0.05) is 5.41 Å². The average Bonchev–Trinajstić information content (AvgIpc) is 2.89. The molecule has 0 fully saturated rings. The summed E-state index contributed by atoms with van der Waals surface area (Å²) < 4.78 is 1.84. The zero-order valence-electron chi connectivity index (χ0n) is 13.4. The maximum absolute atomic E-state index is 4.84. The van der Waals surface area contributed by atoms with Gasteiger partial charge in [0.05, 0.1) is 11.2 Å². The van der Waals surface area contributed by atoms with Crippen molar-refractivity contribution in [3.8, 4) is 0 Å². The van der Waals surface area contributed by atoms with E-state index >= 15 is 0 Å². The molecule has 0 spiro atoms. The molecule has 3 aromatic rings. The van der Waals surface area contributed by atoms with Gasteiger partial charge >= 0.3 is 0 Å². The van der Waals surface area contributed by atoms with E-state index in [1.807, 2.05) is 41.1 Å². The summed E-state index contributed by atoms with van der Waals surface area (Å²) in [7, 11) is 0. The zero-order chi connectivity index (χ0) is 15.7. The molecule has 112 valence electrons. The molecule has 0 aliphatic rings. The molecule has 4 nitrogen and oxygen atoms in total. The molecule has 0 saturated carbocycles. The van der Waals surface area contributed by atoms with Crippen LogP contribution < -0.4 is 0 Å². The lowest BCUT2D eigenvalue weighted by Crippen LogP contribution is -2.28. The van der Waals surface area contributed by atoms with Crippen LogP contribution in [0.1, 0.15) is 26.3 Å². The zero-order valence-corrected chi connectivity index (χ0v) is 13.4. The summed E-state index contributed by atoms with van der Waals surface area (Å²) in [6, 6.07) is 16.1. The van der Waals surface area contributed by atoms with Crippen LogP contribution in [0.25, 0.3) is 11.0 Å². The van der Waals surface area contributed by atoms with Crippen molar-refractivity contribution in [2.24, 2.45) is 10.4 Å². The Hall–Kier alpha value is -2.49. The maximum atomic E-state index is 4.84. The molecule has 0 unspecified atom stereocenters. The van der Waals surface area contributed by atoms with Crippen molar-refractivity contribution in [1.29, 1.82) is 0 Å². The van der Waals surface area contributed by atoms with Crippen LogP contribution in [0.15, 0.2) is 53.5 Å². The summed E-state index contributed by atoms with van der Waals surface area (Å²) in [6.07, 6.45) is 0. The van der Waals surface area contributed by atoms with Gasteiger partial charge < -0.3 is 0 Å². The summed E-state index contributed by atoms with van der Waals surface area (Å²) in [4.78, 5) is 4.84. The summed E-state index contributed by atoms with van der Waals surface area (Å²) >= 11 is 0. The first-order valence-electron chi connectivity index (χ1n) is 7.42. The first kappa shape index (κ1) is 14.4. The lowest BCUT2D eigenvalue weighted by molar-refractivity contribution is 0.560. The van der Waals surface area contributed by atoms with Gasteiger partial charge in [0.2, 0.25) is 0 Å². The van der Waals surface area contributed by atoms with Crippen LogP contribution in [0.3, 0.4) is 0 Å². The van der Waals surface area contributed by atoms with E-state index in [0.29, 0.717) is 0 Å². The molecule has 0 bridgehead atoms. The Balaban J connectivity index is 2.17. The van der Waals surface area contributed by atoms with E-state index in [9.17, 15) is 0 Å². The predicted molar refractivity (Wildman–Crippen MR) is 90.7 cm³/mol. The lowest BCUT2D eigenvalue weighted by atomic mass is 9.94. The number of nitrogens with zero attached hydrogens (tertiary/aromatic N) is 4. The van der Waals surface area contributed by atoms with Crippen molar-refractivity contribution in [2.45, 2.75) is 27.7 Å². The summed E-state index contributed by atoms with van der Waals surface area (Å²) in [5.74, 6) is 0.880. The highest BCUT2D eigenvalue weighted by Gasteiger charge is 2.23. The third-order valence-electron chi connectivity index (χ3n) is 3.49. The first-order chi connectivity index (χ1) is 10.4. The molecule has 0 N–H and O–H groups in total. The quantitative estimate of drug-likeness (QED) is 0.494. The molecular weight excluding hydrogens is 272 g/mol. The van der Waals surface area contributed by atoms with Gasteiger partial charge in [-0.05, 0) is 31.2 Å². The fourth-order valence-electron chi connectivity index (χ4n) is 2.30. The molecule has 1 heterocycles. The molecule has 0 saturated heterocycles. The van der Waals surface area contributed by atoms with E-state index in [1.54, 1.807) is 0 Å². The number of aromatic nitrogens is 3. The van der Waals surface area contributed by atoms with Crippen LogP contribution >= 0.6 is 0 Å². The Morgan fingerprint density at radius 1 is 1.00 bits per heavy atom. The minimum atomic E-state index is -0.151. The number of hydrogen-bond donors (Lipinski definition) is 0. The number of hydrogen-bond acceptors (Lipinski definition) is 3. The molecule has 4 heteroatoms. The second-order valence-corrected chi connectivity index (χ2v) is 6.51. The number of aryl methyl sites for hydroxylation is 1. The Morgan fingerprint density at radius 2 is 1.68 bits per heavy atom. The SMILES string of the molecule is Cc1ccc(N=C(n2nnc3ccccc32)C(C)(C)C)cc1. The van der Waals surface area contributed by atoms with E-state index in [-0.39, 0.29) is 5.41 Å². The molecule has 0 aliphatic heterocycles. The molecule has 0 aliphatic carbocycles. The number of aliphatic imine (C=N–C) groups is 1. The van der Waals surface area contributed by atoms with E-state index < -0.39 is 0 Å². The first-order valence-corrected chi connectivity index (χ1v) is 7.42. The van der Waals surface area contributed by atoms with Gasteiger partial charge in [-0.1, -0.05) is 55.8 Å². The highest BCUT2D eigenvalue weighted by molar-refractivity contribution is 5.96. The fourth-order valence-corrected chi connectivity index (χ4v) is 2.30. The Morgan fingerprint density at radius 3 is 2.36 bits per heavy atom. The molecule has 2 aromatic carbocycles. The van der Waals surface area contributed by atoms with Gasteiger partial charge in [-0.15, -0.1) is 5.10 Å². The normalized spacial score (nSPS) is 12.8. The van der Waals surface area contributed by atoms with Crippen molar-refractivity contribution < 1.29 is 0 Å². The van der Waals surface area contributed by atoms with Crippen LogP contribution in [-0.2, 0) is 0 Å². The van der Waals surface area contributed by atoms with Crippen LogP contribution in [0.2, 0.25) is 0 Å². The van der Waals surface area contributed by atoms with Crippen molar-refractivity contribution in [3.63, 3.8) is 0 Å². The van der Waals surface area contributed by atoms with Crippen molar-refractivity contribution in [3.05, 3.63) is 54.1 Å². The van der Waals surface area contributed by atoms with E-state index in [0.717, 1.165) is 22.6 Å². The lowest BCUT2D eigenvalue weighted by Gasteiger charge is -2.21. The minimum absolute atomic E-state index is 0.151. The van der Waals surface area contributed by atoms with Gasteiger partial charge in [0.15, 0.2) is 0 Å². The minimum Gasteiger partial charge on any atom is -0.233 e. The summed E-state index contributed by atoms with van der Waals surface area (Å²) in [6.45, 7) is 8.48. The maximum Gasteiger partial charge on any atom is 0.138 e. The molecule has 1 aromatic heterocycles. The largest absolute Gasteiger partial charge is 0.233 e. The van der Waals surface area contributed by atoms with E-state index in [2.05, 4.69) is 50.1 Å². The average molecular weight is 292 g/mol. The molecular formula is C18H20N4. The highest BCUT2D eigenvalue weighted by atomic mass is 15.4. The second-order valence-electron chi connectivity index (χ2n) is 6.51. The van der Waals surface area contributed by atoms with Gasteiger partial charge in [-0.25, -0.2) is 4.99 Å². The highest BCUT2D eigenvalue weighted by Crippen LogP contribution is 2.24. The van der Waals surface area contributed by atoms with Gasteiger partial charge in [-0.2, -0.15) is 4.68 Å². The molecule has 0 atom stereocenters. The van der Waals surface area contributed by atoms with Gasteiger partial charge in [0.1, 0.15) is 11.4 Å². The number of fused-ring (bicyclic) bond motifs is 1. The van der Waals surface area contributed by atoms with Crippen molar-refractivity contribution in [1.82, 2.24) is 15.0 Å². The monoisotopic (exact) mass is 292 g/mol. The summed E-state index contributed by atoms with van der Waals surface area (Å²) in [5, 5.41) is 8.55. The van der Waals surface area contributed by atoms with Crippen LogP contribution in [0.4, 0.5) is 5.69 Å². The standard InChI is InChI=1S/C18H20N4/c1-13-9-11-14(12-10-13)19-17(18(2,3)4)22-16-8-6-5-7-15(16)20-21-22/h5-12H,1-4H3. The Kier molecular flexibility index (Phi) is 3.53. The third-order valence-corrected chi connectivity index (χ3v) is 3.49. The van der Waals surface area contributed by atoms with E-state index in [1.165, 1.54) is 5.56 Å². The fraction of sp³-hybridized carbons (Fsp3) is 0.278. The molecule has 3 rings (SSSR count). The molecule has 0 radical (unpaired) electrons.